The number of hydrogen-bond acceptors (Lipinski definition) is 10. The van der Waals surface area contributed by atoms with Gasteiger partial charge in [0.25, 0.3) is 11.8 Å². The summed E-state index contributed by atoms with van der Waals surface area (Å²) in [6.07, 6.45) is 24.0. The molecule has 9 aliphatic rings. The van der Waals surface area contributed by atoms with Crippen LogP contribution in [-0.2, 0) is 9.59 Å². The van der Waals surface area contributed by atoms with Gasteiger partial charge in [0.2, 0.25) is 0 Å². The molecule has 11 rings (SSSR count). The smallest absolute Gasteiger partial charge is 0.309 e. The Morgan fingerprint density at radius 2 is 1.29 bits per heavy atom. The van der Waals surface area contributed by atoms with Crippen LogP contribution < -0.4 is 20.4 Å². The van der Waals surface area contributed by atoms with E-state index in [1.165, 1.54) is 77.0 Å². The molecule has 7 saturated carbocycles. The largest absolute Gasteiger partial charge is 0.481 e. The number of thioether (sulfide) groups is 2. The number of nitrogens with zero attached hydrogens (tertiary/aromatic N) is 4. The Hall–Kier alpha value is -3.52. The molecule has 9 fully saturated rings. The first-order valence-electron chi connectivity index (χ1n) is 25.9. The number of aromatic nitrogens is 2. The first kappa shape index (κ1) is 47.5. The summed E-state index contributed by atoms with van der Waals surface area (Å²) in [7, 11) is 0. The number of amides is 2. The number of pyridine rings is 2. The lowest BCUT2D eigenvalue weighted by Gasteiger charge is -2.54. The van der Waals surface area contributed by atoms with E-state index in [1.54, 1.807) is 23.5 Å². The summed E-state index contributed by atoms with van der Waals surface area (Å²) in [5, 5.41) is 27.9. The molecule has 2 aromatic rings. The van der Waals surface area contributed by atoms with Gasteiger partial charge in [-0.1, -0.05) is 39.0 Å². The van der Waals surface area contributed by atoms with Crippen molar-refractivity contribution in [3.05, 3.63) is 35.4 Å². The number of piperidine rings is 2. The molecule has 2 saturated heterocycles. The highest BCUT2D eigenvalue weighted by Crippen LogP contribution is 2.55. The van der Waals surface area contributed by atoms with Crippen LogP contribution in [0.5, 0.6) is 0 Å². The molecule has 14 heteroatoms. The van der Waals surface area contributed by atoms with E-state index in [4.69, 9.17) is 9.97 Å². The number of carboxylic acids is 2. The van der Waals surface area contributed by atoms with Crippen molar-refractivity contribution in [2.45, 2.75) is 176 Å². The zero-order valence-corrected chi connectivity index (χ0v) is 40.9. The van der Waals surface area contributed by atoms with Gasteiger partial charge < -0.3 is 30.6 Å². The van der Waals surface area contributed by atoms with E-state index in [2.05, 4.69) is 27.4 Å². The minimum atomic E-state index is -0.731. The van der Waals surface area contributed by atoms with Gasteiger partial charge in [0, 0.05) is 49.9 Å². The second-order valence-electron chi connectivity index (χ2n) is 21.5. The third kappa shape index (κ3) is 11.2. The molecule has 0 aromatic carbocycles. The Bertz CT molecular complexity index is 2030. The molecule has 4 N–H and O–H groups in total. The highest BCUT2D eigenvalue weighted by atomic mass is 32.2. The maximum atomic E-state index is 13.4. The van der Waals surface area contributed by atoms with Crippen LogP contribution in [0.2, 0.25) is 0 Å². The number of carbonyl (C=O) groups excluding carboxylic acids is 2. The third-order valence-electron chi connectivity index (χ3n) is 16.7. The van der Waals surface area contributed by atoms with Crippen LogP contribution in [0.1, 0.15) is 169 Å². The van der Waals surface area contributed by atoms with Crippen LogP contribution in [0, 0.1) is 40.9 Å². The summed E-state index contributed by atoms with van der Waals surface area (Å²) >= 11 is 3.44. The Morgan fingerprint density at radius 3 is 1.91 bits per heavy atom. The maximum absolute atomic E-state index is 13.4. The Balaban J connectivity index is 0.000000166. The van der Waals surface area contributed by atoms with Gasteiger partial charge in [-0.15, -0.1) is 23.5 Å². The summed E-state index contributed by atoms with van der Waals surface area (Å²) in [5.74, 6) is 4.83. The van der Waals surface area contributed by atoms with E-state index in [0.717, 1.165) is 123 Å². The van der Waals surface area contributed by atoms with E-state index in [-0.39, 0.29) is 36.1 Å². The second kappa shape index (κ2) is 21.4. The standard InChI is InChI=1S/2C26H37N3O3S/c1-2-8-33-26-21(5-6-22(27-26)29-7-3-4-16(15-29)14-23(30)31)25(32)28-24-19-10-17-9-18(12-19)13-20(24)11-17;30-23(27-19-8-2-1-3-9-19)21-12-13-22(28-24(21)33-20-10-4-5-11-20)29-16-6-7-18(17-29)26(14-15-26)25(31)32/h5-6,16-20,24H,2-4,7-15H2,1H3,(H,28,32)(H,30,31);12-13,18-20H,1-11,14-17H2,(H,27,30)(H,31,32)/t16-,17?,18?,19?,20?,24?;/m0./s1. The van der Waals surface area contributed by atoms with Crippen LogP contribution in [0.25, 0.3) is 0 Å². The highest BCUT2D eigenvalue weighted by molar-refractivity contribution is 8.00. The Labute approximate surface area is 400 Å². The van der Waals surface area contributed by atoms with E-state index in [9.17, 15) is 29.4 Å². The van der Waals surface area contributed by atoms with Gasteiger partial charge in [-0.25, -0.2) is 9.97 Å². The van der Waals surface area contributed by atoms with Crippen LogP contribution in [0.15, 0.2) is 34.3 Å². The van der Waals surface area contributed by atoms with Crippen LogP contribution in [-0.4, -0.2) is 93.2 Å². The number of aliphatic carboxylic acids is 2. The average molecular weight is 943 g/mol. The molecular formula is C52H74N6O6S2. The highest BCUT2D eigenvalue weighted by Gasteiger charge is 2.56. The van der Waals surface area contributed by atoms with E-state index in [1.807, 2.05) is 24.3 Å². The van der Waals surface area contributed by atoms with Crippen molar-refractivity contribution in [1.82, 2.24) is 20.6 Å². The molecule has 0 spiro atoms. The quantitative estimate of drug-likeness (QED) is 0.125. The van der Waals surface area contributed by atoms with Gasteiger partial charge in [-0.05, 0) is 168 Å². The molecule has 7 aliphatic carbocycles. The molecule has 4 bridgehead atoms. The number of anilines is 2. The number of rotatable bonds is 15. The molecule has 4 heterocycles. The van der Waals surface area contributed by atoms with Gasteiger partial charge >= 0.3 is 11.9 Å². The van der Waals surface area contributed by atoms with Crippen LogP contribution in [0.4, 0.5) is 11.6 Å². The number of carbonyl (C=O) groups is 4. The molecule has 2 atom stereocenters. The summed E-state index contributed by atoms with van der Waals surface area (Å²) in [6.45, 7) is 5.41. The van der Waals surface area contributed by atoms with Crippen LogP contribution >= 0.6 is 23.5 Å². The van der Waals surface area contributed by atoms with Crippen molar-refractivity contribution in [2.24, 2.45) is 40.9 Å². The molecular weight excluding hydrogens is 869 g/mol. The van der Waals surface area contributed by atoms with Crippen molar-refractivity contribution in [2.75, 3.05) is 41.7 Å². The third-order valence-corrected chi connectivity index (χ3v) is 19.3. The predicted molar refractivity (Wildman–Crippen MR) is 262 cm³/mol. The zero-order chi connectivity index (χ0) is 45.8. The van der Waals surface area contributed by atoms with Gasteiger partial charge in [0.15, 0.2) is 0 Å². The lowest BCUT2D eigenvalue weighted by Crippen LogP contribution is -2.55. The van der Waals surface area contributed by atoms with E-state index >= 15 is 0 Å². The summed E-state index contributed by atoms with van der Waals surface area (Å²) in [4.78, 5) is 64.1. The minimum absolute atomic E-state index is 0.0146. The van der Waals surface area contributed by atoms with Gasteiger partial charge in [0.1, 0.15) is 21.7 Å². The number of nitrogens with one attached hydrogen (secondary N) is 2. The average Bonchev–Trinajstić information content (AvgIpc) is 3.99. The van der Waals surface area contributed by atoms with Crippen LogP contribution in [0.3, 0.4) is 0 Å². The lowest BCUT2D eigenvalue weighted by atomic mass is 9.54. The summed E-state index contributed by atoms with van der Waals surface area (Å²) in [5.41, 5.74) is 0.893. The molecule has 12 nitrogen and oxygen atoms in total. The first-order valence-corrected chi connectivity index (χ1v) is 27.8. The molecule has 66 heavy (non-hydrogen) atoms. The van der Waals surface area contributed by atoms with E-state index in [0.29, 0.717) is 34.3 Å². The fourth-order valence-electron chi connectivity index (χ4n) is 13.3. The fourth-order valence-corrected chi connectivity index (χ4v) is 15.5. The summed E-state index contributed by atoms with van der Waals surface area (Å²) < 4.78 is 0. The number of hydrogen-bond donors (Lipinski definition) is 4. The molecule has 0 radical (unpaired) electrons. The van der Waals surface area contributed by atoms with Crippen molar-refractivity contribution >= 4 is 58.9 Å². The first-order chi connectivity index (χ1) is 32.0. The van der Waals surface area contributed by atoms with Crippen molar-refractivity contribution < 1.29 is 29.4 Å². The monoisotopic (exact) mass is 943 g/mol. The molecule has 2 amide bonds. The Morgan fingerprint density at radius 1 is 0.697 bits per heavy atom. The van der Waals surface area contributed by atoms with E-state index < -0.39 is 17.4 Å². The zero-order valence-electron chi connectivity index (χ0n) is 39.2. The molecule has 2 aliphatic heterocycles. The van der Waals surface area contributed by atoms with Gasteiger partial charge in [-0.3, -0.25) is 19.2 Å². The Kier molecular flexibility index (Phi) is 15.4. The van der Waals surface area contributed by atoms with Gasteiger partial charge in [-0.2, -0.15) is 0 Å². The van der Waals surface area contributed by atoms with Crippen molar-refractivity contribution in [3.63, 3.8) is 0 Å². The maximum Gasteiger partial charge on any atom is 0.309 e. The minimum Gasteiger partial charge on any atom is -0.481 e. The molecule has 1 unspecified atom stereocenters. The topological polar surface area (TPSA) is 165 Å². The van der Waals surface area contributed by atoms with Crippen molar-refractivity contribution in [3.8, 4) is 0 Å². The lowest BCUT2D eigenvalue weighted by molar-refractivity contribution is -0.146. The SMILES string of the molecule is CCCSc1nc(N2CCC[C@@H](CC(=O)O)C2)ccc1C(=O)NC1C2CC3CC(C2)CC1C3.O=C(NC1CCCCC1)c1ccc(N2CCCC(C3(C(=O)O)CC3)C2)nc1SC1CCCC1. The van der Waals surface area contributed by atoms with Gasteiger partial charge in [0.05, 0.1) is 16.5 Å². The predicted octanol–water partition coefficient (Wildman–Crippen LogP) is 10.1. The van der Waals surface area contributed by atoms with Crippen molar-refractivity contribution in [1.29, 1.82) is 0 Å². The fraction of sp³-hybridized carbons (Fsp3) is 0.731. The number of carboxylic acid groups (broad SMARTS) is 2. The molecule has 2 aromatic heterocycles. The summed E-state index contributed by atoms with van der Waals surface area (Å²) in [6, 6.07) is 8.47. The normalized spacial score (nSPS) is 29.2. The molecule has 360 valence electrons. The second-order valence-corrected chi connectivity index (χ2v) is 23.8.